The second kappa shape index (κ2) is 14.4. The first kappa shape index (κ1) is 31.2. The Balaban J connectivity index is 1.59. The van der Waals surface area contributed by atoms with Gasteiger partial charge in [-0.2, -0.15) is 0 Å². The first-order chi connectivity index (χ1) is 20.1. The Bertz CT molecular complexity index is 1440. The van der Waals surface area contributed by atoms with Gasteiger partial charge in [0.25, 0.3) is 0 Å². The fraction of sp³-hybridized carbons (Fsp3) is 0.394. The molecule has 4 rings (SSSR count). The third kappa shape index (κ3) is 8.64. The fourth-order valence-corrected chi connectivity index (χ4v) is 6.47. The number of nitrogens with zero attached hydrogens (tertiary/aromatic N) is 2. The summed E-state index contributed by atoms with van der Waals surface area (Å²) in [4.78, 5) is 29.5. The number of nitrogens with one attached hydrogen (secondary N) is 1. The van der Waals surface area contributed by atoms with E-state index in [9.17, 15) is 22.4 Å². The van der Waals surface area contributed by atoms with E-state index in [0.717, 1.165) is 48.6 Å². The second-order valence-electron chi connectivity index (χ2n) is 11.1. The van der Waals surface area contributed by atoms with Crippen LogP contribution in [0.2, 0.25) is 0 Å². The third-order valence-corrected chi connectivity index (χ3v) is 9.04. The van der Waals surface area contributed by atoms with Crippen LogP contribution < -0.4 is 9.62 Å². The van der Waals surface area contributed by atoms with E-state index < -0.39 is 21.9 Å². The summed E-state index contributed by atoms with van der Waals surface area (Å²) >= 11 is 0. The van der Waals surface area contributed by atoms with Crippen LogP contribution in [-0.4, -0.2) is 50.0 Å². The lowest BCUT2D eigenvalue weighted by Gasteiger charge is -2.33. The monoisotopic (exact) mass is 593 g/mol. The molecule has 0 heterocycles. The van der Waals surface area contributed by atoms with Crippen molar-refractivity contribution in [2.75, 3.05) is 17.1 Å². The van der Waals surface area contributed by atoms with Gasteiger partial charge in [-0.1, -0.05) is 67.4 Å². The summed E-state index contributed by atoms with van der Waals surface area (Å²) < 4.78 is 39.8. The van der Waals surface area contributed by atoms with Crippen molar-refractivity contribution in [3.8, 4) is 0 Å². The van der Waals surface area contributed by atoms with E-state index in [1.54, 1.807) is 4.90 Å². The largest absolute Gasteiger partial charge is 0.352 e. The first-order valence-electron chi connectivity index (χ1n) is 14.5. The Labute approximate surface area is 248 Å². The third-order valence-electron chi connectivity index (χ3n) is 7.84. The molecule has 0 bridgehead atoms. The molecule has 1 aliphatic carbocycles. The van der Waals surface area contributed by atoms with Gasteiger partial charge in [0.05, 0.1) is 11.9 Å². The number of carbonyl (C=O) groups excluding carboxylic acids is 2. The van der Waals surface area contributed by atoms with Gasteiger partial charge in [-0.3, -0.25) is 13.9 Å². The van der Waals surface area contributed by atoms with Crippen LogP contribution >= 0.6 is 0 Å². The van der Waals surface area contributed by atoms with Gasteiger partial charge in [0.2, 0.25) is 21.8 Å². The number of sulfonamides is 1. The molecule has 1 atom stereocenters. The van der Waals surface area contributed by atoms with Crippen LogP contribution in [0.25, 0.3) is 0 Å². The number of halogens is 1. The van der Waals surface area contributed by atoms with E-state index in [-0.39, 0.29) is 43.8 Å². The van der Waals surface area contributed by atoms with Crippen LogP contribution in [-0.2, 0) is 32.6 Å². The Morgan fingerprint density at radius 1 is 0.952 bits per heavy atom. The maximum Gasteiger partial charge on any atom is 0.243 e. The highest BCUT2D eigenvalue weighted by Crippen LogP contribution is 2.23. The van der Waals surface area contributed by atoms with Crippen molar-refractivity contribution in [3.63, 3.8) is 0 Å². The van der Waals surface area contributed by atoms with E-state index >= 15 is 0 Å². The Morgan fingerprint density at radius 2 is 1.60 bits per heavy atom. The van der Waals surface area contributed by atoms with Crippen LogP contribution in [0.4, 0.5) is 10.1 Å². The Morgan fingerprint density at radius 3 is 2.24 bits per heavy atom. The summed E-state index contributed by atoms with van der Waals surface area (Å²) in [5.74, 6) is -0.861. The predicted octanol–water partition coefficient (Wildman–Crippen LogP) is 5.38. The van der Waals surface area contributed by atoms with Crippen LogP contribution in [0.3, 0.4) is 0 Å². The molecule has 3 aromatic rings. The van der Waals surface area contributed by atoms with Crippen molar-refractivity contribution < 1.29 is 22.4 Å². The summed E-state index contributed by atoms with van der Waals surface area (Å²) in [7, 11) is -3.67. The smallest absolute Gasteiger partial charge is 0.243 e. The predicted molar refractivity (Wildman–Crippen MR) is 164 cm³/mol. The molecule has 42 heavy (non-hydrogen) atoms. The standard InChI is InChI=1S/C33H40FN3O4S/c1-25-11-6-7-14-27(25)24-36(31(23-26-12-4-3-5-13-26)33(39)35-29-15-8-9-16-29)32(38)17-10-22-37(42(2,40)41)30-20-18-28(34)19-21-30/h3-7,11-14,18-21,29,31H,8-10,15-17,22-24H2,1-2H3,(H,35,39)/t31-/m0/s1. The van der Waals surface area contributed by atoms with Gasteiger partial charge in [-0.05, 0) is 67.1 Å². The maximum absolute atomic E-state index is 14.0. The maximum atomic E-state index is 14.0. The zero-order chi connectivity index (χ0) is 30.1. The zero-order valence-corrected chi connectivity index (χ0v) is 25.2. The Hall–Kier alpha value is -3.72. The minimum absolute atomic E-state index is 0.0428. The molecule has 224 valence electrons. The van der Waals surface area contributed by atoms with Crippen molar-refractivity contribution in [3.05, 3.63) is 101 Å². The molecule has 0 unspecified atom stereocenters. The van der Waals surface area contributed by atoms with E-state index in [1.807, 2.05) is 61.5 Å². The average Bonchev–Trinajstić information content (AvgIpc) is 3.47. The van der Waals surface area contributed by atoms with Crippen molar-refractivity contribution in [2.45, 2.75) is 70.5 Å². The molecular weight excluding hydrogens is 553 g/mol. The molecule has 0 spiro atoms. The molecule has 1 fully saturated rings. The van der Waals surface area contributed by atoms with Crippen molar-refractivity contribution >= 4 is 27.5 Å². The number of amides is 2. The van der Waals surface area contributed by atoms with Gasteiger partial charge in [-0.25, -0.2) is 12.8 Å². The number of hydrogen-bond donors (Lipinski definition) is 1. The van der Waals surface area contributed by atoms with E-state index in [1.165, 1.54) is 28.6 Å². The van der Waals surface area contributed by atoms with Crippen LogP contribution in [0, 0.1) is 12.7 Å². The lowest BCUT2D eigenvalue weighted by molar-refractivity contribution is -0.141. The van der Waals surface area contributed by atoms with E-state index in [0.29, 0.717) is 12.1 Å². The molecule has 0 saturated heterocycles. The first-order valence-corrected chi connectivity index (χ1v) is 16.4. The van der Waals surface area contributed by atoms with Crippen molar-refractivity contribution in [2.24, 2.45) is 0 Å². The lowest BCUT2D eigenvalue weighted by atomic mass is 10.0. The summed E-state index contributed by atoms with van der Waals surface area (Å²) in [6, 6.07) is 22.1. The molecule has 9 heteroatoms. The summed E-state index contributed by atoms with van der Waals surface area (Å²) in [5.41, 5.74) is 3.25. The number of rotatable bonds is 13. The number of benzene rings is 3. The minimum atomic E-state index is -3.67. The minimum Gasteiger partial charge on any atom is -0.352 e. The van der Waals surface area contributed by atoms with Crippen molar-refractivity contribution in [1.29, 1.82) is 0 Å². The summed E-state index contributed by atoms with van der Waals surface area (Å²) in [6.07, 6.45) is 5.74. The highest BCUT2D eigenvalue weighted by Gasteiger charge is 2.32. The molecule has 7 nitrogen and oxygen atoms in total. The molecule has 3 aromatic carbocycles. The molecule has 0 radical (unpaired) electrons. The summed E-state index contributed by atoms with van der Waals surface area (Å²) in [6.45, 7) is 2.29. The van der Waals surface area contributed by atoms with Crippen molar-refractivity contribution in [1.82, 2.24) is 10.2 Å². The van der Waals surface area contributed by atoms with Crippen LogP contribution in [0.15, 0.2) is 78.9 Å². The molecular formula is C33H40FN3O4S. The Kier molecular flexibility index (Phi) is 10.7. The SMILES string of the molecule is Cc1ccccc1CN(C(=O)CCCN(c1ccc(F)cc1)S(C)(=O)=O)[C@@H](Cc1ccccc1)C(=O)NC1CCCC1. The zero-order valence-electron chi connectivity index (χ0n) is 24.3. The van der Waals surface area contributed by atoms with Gasteiger partial charge in [0.15, 0.2) is 0 Å². The van der Waals surface area contributed by atoms with Gasteiger partial charge in [0.1, 0.15) is 11.9 Å². The highest BCUT2D eigenvalue weighted by molar-refractivity contribution is 7.92. The second-order valence-corrected chi connectivity index (χ2v) is 13.0. The number of anilines is 1. The summed E-state index contributed by atoms with van der Waals surface area (Å²) in [5, 5.41) is 3.20. The van der Waals surface area contributed by atoms with Gasteiger partial charge < -0.3 is 10.2 Å². The average molecular weight is 594 g/mol. The quantitative estimate of drug-likeness (QED) is 0.288. The highest BCUT2D eigenvalue weighted by atomic mass is 32.2. The van der Waals surface area contributed by atoms with Crippen LogP contribution in [0.1, 0.15) is 55.2 Å². The molecule has 1 aliphatic rings. The van der Waals surface area contributed by atoms with Gasteiger partial charge >= 0.3 is 0 Å². The molecule has 0 aromatic heterocycles. The van der Waals surface area contributed by atoms with E-state index in [2.05, 4.69) is 5.32 Å². The molecule has 2 amide bonds. The normalized spacial score (nSPS) is 14.4. The molecule has 0 aliphatic heterocycles. The number of carbonyl (C=O) groups is 2. The number of aryl methyl sites for hydroxylation is 1. The van der Waals surface area contributed by atoms with Crippen LogP contribution in [0.5, 0.6) is 0 Å². The fourth-order valence-electron chi connectivity index (χ4n) is 5.50. The lowest BCUT2D eigenvalue weighted by Crippen LogP contribution is -2.52. The van der Waals surface area contributed by atoms with Gasteiger partial charge in [-0.15, -0.1) is 0 Å². The van der Waals surface area contributed by atoms with E-state index in [4.69, 9.17) is 0 Å². The topological polar surface area (TPSA) is 86.8 Å². The number of hydrogen-bond acceptors (Lipinski definition) is 4. The van der Waals surface area contributed by atoms with Gasteiger partial charge in [0, 0.05) is 32.0 Å². The molecule has 1 saturated carbocycles. The molecule has 1 N–H and O–H groups in total.